The molecule has 1 atom stereocenters. The molecular formula is C10H16F3N3. The summed E-state index contributed by atoms with van der Waals surface area (Å²) in [6, 6.07) is -0.00977. The molecule has 0 amide bonds. The van der Waals surface area contributed by atoms with Crippen LogP contribution in [0.3, 0.4) is 0 Å². The lowest BCUT2D eigenvalue weighted by molar-refractivity contribution is -0.137. The first kappa shape index (κ1) is 13.0. The monoisotopic (exact) mass is 235 g/mol. The van der Waals surface area contributed by atoms with E-state index in [1.807, 2.05) is 14.0 Å². The second-order valence-corrected chi connectivity index (χ2v) is 3.80. The van der Waals surface area contributed by atoms with Crippen molar-refractivity contribution in [1.82, 2.24) is 15.1 Å². The Morgan fingerprint density at radius 1 is 1.50 bits per heavy atom. The minimum absolute atomic E-state index is 0.00977. The maximum absolute atomic E-state index is 12.3. The molecule has 92 valence electrons. The fourth-order valence-electron chi connectivity index (χ4n) is 1.43. The van der Waals surface area contributed by atoms with E-state index in [0.717, 1.165) is 31.8 Å². The highest BCUT2D eigenvalue weighted by molar-refractivity contribution is 5.08. The van der Waals surface area contributed by atoms with Gasteiger partial charge in [-0.05, 0) is 33.4 Å². The van der Waals surface area contributed by atoms with Crippen LogP contribution in [0.1, 0.15) is 31.4 Å². The maximum Gasteiger partial charge on any atom is 0.419 e. The van der Waals surface area contributed by atoms with Crippen LogP contribution in [0, 0.1) is 0 Å². The molecular weight excluding hydrogens is 219 g/mol. The third-order valence-electron chi connectivity index (χ3n) is 2.43. The first-order chi connectivity index (χ1) is 7.45. The van der Waals surface area contributed by atoms with Gasteiger partial charge in [-0.1, -0.05) is 0 Å². The first-order valence-corrected chi connectivity index (χ1v) is 5.21. The minimum atomic E-state index is -4.30. The zero-order chi connectivity index (χ0) is 12.2. The number of halogens is 3. The summed E-state index contributed by atoms with van der Waals surface area (Å²) in [5, 5.41) is 6.73. The molecule has 0 saturated carbocycles. The SMILES string of the molecule is CNCCCC(C)n1cc(C(F)(F)F)cn1. The normalized spacial score (nSPS) is 14.1. The maximum atomic E-state index is 12.3. The molecule has 3 nitrogen and oxygen atoms in total. The molecule has 0 aliphatic heterocycles. The van der Waals surface area contributed by atoms with Crippen LogP contribution in [0.15, 0.2) is 12.4 Å². The van der Waals surface area contributed by atoms with Crippen LogP contribution < -0.4 is 5.32 Å². The molecule has 1 heterocycles. The summed E-state index contributed by atoms with van der Waals surface area (Å²) in [6.07, 6.45) is -0.653. The molecule has 1 rings (SSSR count). The number of hydrogen-bond donors (Lipinski definition) is 1. The topological polar surface area (TPSA) is 29.9 Å². The lowest BCUT2D eigenvalue weighted by atomic mass is 10.2. The molecule has 1 unspecified atom stereocenters. The molecule has 16 heavy (non-hydrogen) atoms. The molecule has 0 aromatic carbocycles. The summed E-state index contributed by atoms with van der Waals surface area (Å²) in [5.41, 5.74) is -0.687. The van der Waals surface area contributed by atoms with Crippen LogP contribution in [-0.4, -0.2) is 23.4 Å². The number of nitrogens with zero attached hydrogens (tertiary/aromatic N) is 2. The van der Waals surface area contributed by atoms with Crippen molar-refractivity contribution < 1.29 is 13.2 Å². The molecule has 0 aliphatic rings. The molecule has 1 aromatic rings. The van der Waals surface area contributed by atoms with Crippen molar-refractivity contribution >= 4 is 0 Å². The Kier molecular flexibility index (Phi) is 4.35. The largest absolute Gasteiger partial charge is 0.419 e. The zero-order valence-electron chi connectivity index (χ0n) is 9.38. The summed E-state index contributed by atoms with van der Waals surface area (Å²) in [7, 11) is 1.85. The van der Waals surface area contributed by atoms with Gasteiger partial charge in [0.2, 0.25) is 0 Å². The molecule has 0 aliphatic carbocycles. The van der Waals surface area contributed by atoms with E-state index >= 15 is 0 Å². The third-order valence-corrected chi connectivity index (χ3v) is 2.43. The third kappa shape index (κ3) is 3.52. The molecule has 6 heteroatoms. The number of hydrogen-bond acceptors (Lipinski definition) is 2. The average Bonchev–Trinajstić information content (AvgIpc) is 2.66. The quantitative estimate of drug-likeness (QED) is 0.794. The standard InChI is InChI=1S/C10H16F3N3/c1-8(4-3-5-14-2)16-7-9(6-15-16)10(11,12)13/h6-8,14H,3-5H2,1-2H3. The van der Waals surface area contributed by atoms with Crippen LogP contribution >= 0.6 is 0 Å². The van der Waals surface area contributed by atoms with Crippen molar-refractivity contribution in [2.75, 3.05) is 13.6 Å². The van der Waals surface area contributed by atoms with Crippen molar-refractivity contribution in [2.24, 2.45) is 0 Å². The van der Waals surface area contributed by atoms with E-state index in [9.17, 15) is 13.2 Å². The molecule has 0 fully saturated rings. The number of aromatic nitrogens is 2. The number of nitrogens with one attached hydrogen (secondary N) is 1. The highest BCUT2D eigenvalue weighted by Gasteiger charge is 2.32. The zero-order valence-corrected chi connectivity index (χ0v) is 9.38. The predicted octanol–water partition coefficient (Wildman–Crippen LogP) is 2.46. The predicted molar refractivity (Wildman–Crippen MR) is 55.1 cm³/mol. The van der Waals surface area contributed by atoms with E-state index in [2.05, 4.69) is 10.4 Å². The van der Waals surface area contributed by atoms with Crippen molar-refractivity contribution in [3.63, 3.8) is 0 Å². The van der Waals surface area contributed by atoms with Crippen LogP contribution in [-0.2, 0) is 6.18 Å². The molecule has 0 bridgehead atoms. The van der Waals surface area contributed by atoms with E-state index in [-0.39, 0.29) is 6.04 Å². The van der Waals surface area contributed by atoms with Gasteiger partial charge in [0.15, 0.2) is 0 Å². The highest BCUT2D eigenvalue weighted by atomic mass is 19.4. The van der Waals surface area contributed by atoms with Crippen molar-refractivity contribution in [1.29, 1.82) is 0 Å². The van der Waals surface area contributed by atoms with Gasteiger partial charge in [0.25, 0.3) is 0 Å². The Labute approximate surface area is 92.6 Å². The van der Waals surface area contributed by atoms with Crippen LogP contribution in [0.25, 0.3) is 0 Å². The number of rotatable bonds is 5. The molecule has 1 aromatic heterocycles. The molecule has 0 radical (unpaired) electrons. The molecule has 0 saturated heterocycles. The minimum Gasteiger partial charge on any atom is -0.320 e. The smallest absolute Gasteiger partial charge is 0.320 e. The molecule has 1 N–H and O–H groups in total. The van der Waals surface area contributed by atoms with Gasteiger partial charge < -0.3 is 5.32 Å². The first-order valence-electron chi connectivity index (χ1n) is 5.21. The van der Waals surface area contributed by atoms with E-state index in [1.54, 1.807) is 0 Å². The van der Waals surface area contributed by atoms with Crippen LogP contribution in [0.2, 0.25) is 0 Å². The Morgan fingerprint density at radius 3 is 2.69 bits per heavy atom. The van der Waals surface area contributed by atoms with Crippen molar-refractivity contribution in [3.8, 4) is 0 Å². The summed E-state index contributed by atoms with van der Waals surface area (Å²) in [4.78, 5) is 0. The van der Waals surface area contributed by atoms with Gasteiger partial charge in [0.1, 0.15) is 0 Å². The molecule has 0 spiro atoms. The fraction of sp³-hybridized carbons (Fsp3) is 0.700. The second-order valence-electron chi connectivity index (χ2n) is 3.80. The Hall–Kier alpha value is -1.04. The van der Waals surface area contributed by atoms with E-state index in [0.29, 0.717) is 0 Å². The van der Waals surface area contributed by atoms with E-state index in [1.165, 1.54) is 4.68 Å². The second kappa shape index (κ2) is 5.34. The van der Waals surface area contributed by atoms with Crippen LogP contribution in [0.4, 0.5) is 13.2 Å². The lowest BCUT2D eigenvalue weighted by Crippen LogP contribution is -2.12. The van der Waals surface area contributed by atoms with Gasteiger partial charge in [0, 0.05) is 12.2 Å². The Balaban J connectivity index is 2.56. The van der Waals surface area contributed by atoms with Gasteiger partial charge in [-0.15, -0.1) is 0 Å². The van der Waals surface area contributed by atoms with Gasteiger partial charge >= 0.3 is 6.18 Å². The average molecular weight is 235 g/mol. The number of alkyl halides is 3. The summed E-state index contributed by atoms with van der Waals surface area (Å²) in [5.74, 6) is 0. The van der Waals surface area contributed by atoms with Crippen LogP contribution in [0.5, 0.6) is 0 Å². The Bertz CT molecular complexity index is 319. The summed E-state index contributed by atoms with van der Waals surface area (Å²) >= 11 is 0. The summed E-state index contributed by atoms with van der Waals surface area (Å²) in [6.45, 7) is 2.72. The van der Waals surface area contributed by atoms with Gasteiger partial charge in [0.05, 0.1) is 11.8 Å². The highest BCUT2D eigenvalue weighted by Crippen LogP contribution is 2.29. The Morgan fingerprint density at radius 2 is 2.19 bits per heavy atom. The fourth-order valence-corrected chi connectivity index (χ4v) is 1.43. The van der Waals surface area contributed by atoms with Crippen molar-refractivity contribution in [3.05, 3.63) is 18.0 Å². The summed E-state index contributed by atoms with van der Waals surface area (Å²) < 4.78 is 38.3. The van der Waals surface area contributed by atoms with Gasteiger partial charge in [-0.3, -0.25) is 4.68 Å². The van der Waals surface area contributed by atoms with E-state index < -0.39 is 11.7 Å². The lowest BCUT2D eigenvalue weighted by Gasteiger charge is -2.11. The van der Waals surface area contributed by atoms with Gasteiger partial charge in [-0.25, -0.2) is 0 Å². The van der Waals surface area contributed by atoms with Gasteiger partial charge in [-0.2, -0.15) is 18.3 Å². The van der Waals surface area contributed by atoms with E-state index in [4.69, 9.17) is 0 Å². The van der Waals surface area contributed by atoms with Crippen molar-refractivity contribution in [2.45, 2.75) is 32.0 Å².